The average Bonchev–Trinajstić information content (AvgIpc) is 2.33. The zero-order valence-corrected chi connectivity index (χ0v) is 10.6. The van der Waals surface area contributed by atoms with Crippen LogP contribution in [0.15, 0.2) is 30.3 Å². The number of rotatable bonds is 4. The molecular formula is C15H22O2. The van der Waals surface area contributed by atoms with E-state index < -0.39 is 5.60 Å². The summed E-state index contributed by atoms with van der Waals surface area (Å²) in [6.45, 7) is 3.47. The molecule has 0 heterocycles. The largest absolute Gasteiger partial charge is 0.390 e. The van der Waals surface area contributed by atoms with Crippen molar-refractivity contribution >= 4 is 0 Å². The van der Waals surface area contributed by atoms with Crippen molar-refractivity contribution in [2.45, 2.75) is 44.8 Å². The van der Waals surface area contributed by atoms with Gasteiger partial charge < -0.3 is 9.84 Å². The quantitative estimate of drug-likeness (QED) is 0.867. The maximum atomic E-state index is 9.85. The summed E-state index contributed by atoms with van der Waals surface area (Å²) in [5.74, 6) is 0.624. The van der Waals surface area contributed by atoms with Gasteiger partial charge in [0.1, 0.15) is 0 Å². The first-order valence-corrected chi connectivity index (χ1v) is 6.50. The fourth-order valence-electron chi connectivity index (χ4n) is 2.38. The molecule has 1 aromatic carbocycles. The molecule has 0 atom stereocenters. The Balaban J connectivity index is 1.67. The lowest BCUT2D eigenvalue weighted by molar-refractivity contribution is -0.0123. The maximum absolute atomic E-state index is 9.85. The van der Waals surface area contributed by atoms with Crippen LogP contribution in [0.5, 0.6) is 0 Å². The second-order valence-electron chi connectivity index (χ2n) is 5.44. The predicted octanol–water partition coefficient (Wildman–Crippen LogP) is 3.14. The van der Waals surface area contributed by atoms with E-state index >= 15 is 0 Å². The maximum Gasteiger partial charge on any atom is 0.0717 e. The Labute approximate surface area is 104 Å². The van der Waals surface area contributed by atoms with Crippen LogP contribution in [-0.4, -0.2) is 17.3 Å². The Bertz CT molecular complexity index is 322. The highest BCUT2D eigenvalue weighted by Gasteiger charge is 2.28. The van der Waals surface area contributed by atoms with Crippen LogP contribution < -0.4 is 0 Å². The van der Waals surface area contributed by atoms with Crippen molar-refractivity contribution in [3.63, 3.8) is 0 Å². The number of hydrogen-bond acceptors (Lipinski definition) is 2. The molecule has 0 amide bonds. The van der Waals surface area contributed by atoms with Crippen molar-refractivity contribution < 1.29 is 9.84 Å². The van der Waals surface area contributed by atoms with Crippen molar-refractivity contribution in [3.05, 3.63) is 35.9 Å². The molecule has 0 aliphatic heterocycles. The summed E-state index contributed by atoms with van der Waals surface area (Å²) in [6.07, 6.45) is 3.99. The third-order valence-electron chi connectivity index (χ3n) is 3.65. The van der Waals surface area contributed by atoms with Crippen LogP contribution in [0, 0.1) is 5.92 Å². The van der Waals surface area contributed by atoms with E-state index in [1.165, 1.54) is 5.56 Å². The summed E-state index contributed by atoms with van der Waals surface area (Å²) >= 11 is 0. The highest BCUT2D eigenvalue weighted by molar-refractivity contribution is 5.13. The second kappa shape index (κ2) is 5.65. The minimum absolute atomic E-state index is 0.435. The number of aliphatic hydroxyl groups is 1. The van der Waals surface area contributed by atoms with Gasteiger partial charge in [0.05, 0.1) is 12.2 Å². The highest BCUT2D eigenvalue weighted by Crippen LogP contribution is 2.31. The topological polar surface area (TPSA) is 29.5 Å². The zero-order chi connectivity index (χ0) is 12.1. The van der Waals surface area contributed by atoms with Crippen LogP contribution in [0.4, 0.5) is 0 Å². The molecule has 0 spiro atoms. The molecule has 0 bridgehead atoms. The van der Waals surface area contributed by atoms with Crippen molar-refractivity contribution in [3.8, 4) is 0 Å². The Morgan fingerprint density at radius 3 is 2.53 bits per heavy atom. The van der Waals surface area contributed by atoms with Gasteiger partial charge in [0, 0.05) is 6.61 Å². The first kappa shape index (κ1) is 12.6. The number of hydrogen-bond donors (Lipinski definition) is 1. The summed E-state index contributed by atoms with van der Waals surface area (Å²) < 4.78 is 5.75. The minimum Gasteiger partial charge on any atom is -0.390 e. The lowest BCUT2D eigenvalue weighted by Gasteiger charge is -2.32. The molecule has 2 nitrogen and oxygen atoms in total. The van der Waals surface area contributed by atoms with Gasteiger partial charge >= 0.3 is 0 Å². The van der Waals surface area contributed by atoms with E-state index in [1.807, 2.05) is 25.1 Å². The molecule has 1 fully saturated rings. The molecule has 1 aliphatic carbocycles. The molecule has 1 N–H and O–H groups in total. The third kappa shape index (κ3) is 4.14. The van der Waals surface area contributed by atoms with E-state index in [-0.39, 0.29) is 0 Å². The Kier molecular flexibility index (Phi) is 4.19. The molecule has 94 valence electrons. The van der Waals surface area contributed by atoms with Gasteiger partial charge in [-0.1, -0.05) is 30.3 Å². The van der Waals surface area contributed by atoms with Gasteiger partial charge in [-0.25, -0.2) is 0 Å². The van der Waals surface area contributed by atoms with E-state index in [2.05, 4.69) is 12.1 Å². The highest BCUT2D eigenvalue weighted by atomic mass is 16.5. The lowest BCUT2D eigenvalue weighted by Crippen LogP contribution is -2.31. The molecule has 2 rings (SSSR count). The van der Waals surface area contributed by atoms with Crippen LogP contribution in [-0.2, 0) is 11.3 Å². The second-order valence-corrected chi connectivity index (χ2v) is 5.44. The fourth-order valence-corrected chi connectivity index (χ4v) is 2.38. The van der Waals surface area contributed by atoms with E-state index in [0.29, 0.717) is 12.5 Å². The number of ether oxygens (including phenoxy) is 1. The standard InChI is InChI=1S/C15H22O2/c1-15(16)9-7-14(8-10-15)12-17-11-13-5-3-2-4-6-13/h2-6,14,16H,7-12H2,1H3/t14-,15-. The Morgan fingerprint density at radius 2 is 1.88 bits per heavy atom. The van der Waals surface area contributed by atoms with Crippen LogP contribution in [0.1, 0.15) is 38.2 Å². The van der Waals surface area contributed by atoms with Crippen molar-refractivity contribution in [2.24, 2.45) is 5.92 Å². The van der Waals surface area contributed by atoms with Crippen molar-refractivity contribution in [2.75, 3.05) is 6.61 Å². The van der Waals surface area contributed by atoms with Gasteiger partial charge in [-0.3, -0.25) is 0 Å². The molecule has 0 aromatic heterocycles. The van der Waals surface area contributed by atoms with Gasteiger partial charge in [-0.05, 0) is 44.1 Å². The zero-order valence-electron chi connectivity index (χ0n) is 10.6. The molecule has 0 saturated heterocycles. The average molecular weight is 234 g/mol. The van der Waals surface area contributed by atoms with Gasteiger partial charge in [0.15, 0.2) is 0 Å². The fraction of sp³-hybridized carbons (Fsp3) is 0.600. The summed E-state index contributed by atoms with van der Waals surface area (Å²) in [4.78, 5) is 0. The van der Waals surface area contributed by atoms with E-state index in [4.69, 9.17) is 4.74 Å². The summed E-state index contributed by atoms with van der Waals surface area (Å²) in [7, 11) is 0. The van der Waals surface area contributed by atoms with E-state index in [0.717, 1.165) is 32.3 Å². The van der Waals surface area contributed by atoms with E-state index in [1.54, 1.807) is 0 Å². The van der Waals surface area contributed by atoms with Gasteiger partial charge in [0.25, 0.3) is 0 Å². The van der Waals surface area contributed by atoms with Gasteiger partial charge in [-0.2, -0.15) is 0 Å². The first-order valence-electron chi connectivity index (χ1n) is 6.50. The monoisotopic (exact) mass is 234 g/mol. The predicted molar refractivity (Wildman–Crippen MR) is 68.7 cm³/mol. The summed E-state index contributed by atoms with van der Waals surface area (Å²) in [5.41, 5.74) is 0.797. The molecule has 2 heteroatoms. The number of benzene rings is 1. The SMILES string of the molecule is C[C@]1(O)CC[C@H](COCc2ccccc2)CC1. The molecule has 0 radical (unpaired) electrons. The van der Waals surface area contributed by atoms with Gasteiger partial charge in [-0.15, -0.1) is 0 Å². The van der Waals surface area contributed by atoms with Crippen LogP contribution >= 0.6 is 0 Å². The normalized spacial score (nSPS) is 29.2. The lowest BCUT2D eigenvalue weighted by atomic mass is 9.80. The molecule has 0 unspecified atom stereocenters. The third-order valence-corrected chi connectivity index (χ3v) is 3.65. The molecule has 1 aromatic rings. The first-order chi connectivity index (χ1) is 8.16. The molecule has 1 saturated carbocycles. The summed E-state index contributed by atoms with van der Waals surface area (Å²) in [5, 5.41) is 9.85. The molecular weight excluding hydrogens is 212 g/mol. The smallest absolute Gasteiger partial charge is 0.0717 e. The van der Waals surface area contributed by atoms with E-state index in [9.17, 15) is 5.11 Å². The van der Waals surface area contributed by atoms with Crippen LogP contribution in [0.25, 0.3) is 0 Å². The Morgan fingerprint density at radius 1 is 1.24 bits per heavy atom. The summed E-state index contributed by atoms with van der Waals surface area (Å²) in [6, 6.07) is 10.3. The van der Waals surface area contributed by atoms with Crippen LogP contribution in [0.3, 0.4) is 0 Å². The Hall–Kier alpha value is -0.860. The molecule has 17 heavy (non-hydrogen) atoms. The van der Waals surface area contributed by atoms with Crippen molar-refractivity contribution in [1.29, 1.82) is 0 Å². The van der Waals surface area contributed by atoms with Crippen molar-refractivity contribution in [1.82, 2.24) is 0 Å². The van der Waals surface area contributed by atoms with Gasteiger partial charge in [0.2, 0.25) is 0 Å². The molecule has 1 aliphatic rings. The minimum atomic E-state index is -0.435. The van der Waals surface area contributed by atoms with Crippen LogP contribution in [0.2, 0.25) is 0 Å².